The maximum absolute atomic E-state index is 11.2. The Bertz CT molecular complexity index is 345. The Labute approximate surface area is 77.9 Å². The molecule has 1 rings (SSSR count). The summed E-state index contributed by atoms with van der Waals surface area (Å²) in [6.07, 6.45) is 1.70. The third kappa shape index (κ3) is 1.49. The Balaban J connectivity index is 3.59. The first-order chi connectivity index (χ1) is 5.04. The first-order valence-electron chi connectivity index (χ1n) is 3.05. The summed E-state index contributed by atoms with van der Waals surface area (Å²) in [5.41, 5.74) is 0.627. The second-order valence-corrected chi connectivity index (χ2v) is 3.56. The van der Waals surface area contributed by atoms with E-state index >= 15 is 0 Å². The second-order valence-electron chi connectivity index (χ2n) is 2.33. The van der Waals surface area contributed by atoms with E-state index in [1.165, 1.54) is 4.57 Å². The molecule has 0 fully saturated rings. The third-order valence-corrected chi connectivity index (χ3v) is 2.75. The highest BCUT2D eigenvalue weighted by Gasteiger charge is 2.05. The number of hydrogen-bond donors (Lipinski definition) is 0. The lowest BCUT2D eigenvalue weighted by Gasteiger charge is -2.03. The molecule has 11 heavy (non-hydrogen) atoms. The van der Waals surface area contributed by atoms with Gasteiger partial charge in [0.1, 0.15) is 5.02 Å². The van der Waals surface area contributed by atoms with Crippen molar-refractivity contribution >= 4 is 27.5 Å². The molecule has 0 N–H and O–H groups in total. The van der Waals surface area contributed by atoms with Gasteiger partial charge in [-0.25, -0.2) is 0 Å². The van der Waals surface area contributed by atoms with Crippen molar-refractivity contribution in [3.05, 3.63) is 31.6 Å². The Morgan fingerprint density at radius 1 is 1.64 bits per heavy atom. The van der Waals surface area contributed by atoms with Crippen LogP contribution < -0.4 is 5.56 Å². The fraction of sp³-hybridized carbons (Fsp3) is 0.286. The van der Waals surface area contributed by atoms with Gasteiger partial charge in [-0.05, 0) is 28.4 Å². The van der Waals surface area contributed by atoms with Crippen molar-refractivity contribution in [3.63, 3.8) is 0 Å². The van der Waals surface area contributed by atoms with Gasteiger partial charge in [0.2, 0.25) is 0 Å². The zero-order valence-corrected chi connectivity index (χ0v) is 8.53. The molecule has 0 aliphatic heterocycles. The Kier molecular flexibility index (Phi) is 2.40. The molecule has 0 aliphatic rings. The minimum atomic E-state index is -0.160. The molecule has 0 saturated carbocycles. The highest BCUT2D eigenvalue weighted by atomic mass is 79.9. The largest absolute Gasteiger partial charge is 0.316 e. The average molecular weight is 236 g/mol. The predicted molar refractivity (Wildman–Crippen MR) is 49.1 cm³/mol. The minimum Gasteiger partial charge on any atom is -0.316 e. The first kappa shape index (κ1) is 8.81. The molecule has 0 bridgehead atoms. The zero-order valence-electron chi connectivity index (χ0n) is 6.19. The molecule has 1 heterocycles. The van der Waals surface area contributed by atoms with Crippen LogP contribution in [0.3, 0.4) is 0 Å². The molecule has 0 aliphatic carbocycles. The maximum atomic E-state index is 11.2. The van der Waals surface area contributed by atoms with Crippen molar-refractivity contribution in [3.8, 4) is 0 Å². The van der Waals surface area contributed by atoms with E-state index < -0.39 is 0 Å². The lowest BCUT2D eigenvalue weighted by molar-refractivity contribution is 0.851. The summed E-state index contributed by atoms with van der Waals surface area (Å²) in [6.45, 7) is 1.80. The van der Waals surface area contributed by atoms with Gasteiger partial charge in [0.15, 0.2) is 0 Å². The number of aromatic nitrogens is 1. The topological polar surface area (TPSA) is 22.0 Å². The summed E-state index contributed by atoms with van der Waals surface area (Å²) in [7, 11) is 1.67. The van der Waals surface area contributed by atoms with Crippen molar-refractivity contribution in [2.75, 3.05) is 0 Å². The molecule has 0 unspecified atom stereocenters. The fourth-order valence-electron chi connectivity index (χ4n) is 0.746. The zero-order chi connectivity index (χ0) is 8.59. The lowest BCUT2D eigenvalue weighted by Crippen LogP contribution is -2.17. The Hall–Kier alpha value is -0.280. The Morgan fingerprint density at radius 3 is 2.73 bits per heavy atom. The van der Waals surface area contributed by atoms with Gasteiger partial charge in [0.05, 0.1) is 0 Å². The van der Waals surface area contributed by atoms with Crippen LogP contribution in [-0.2, 0) is 7.05 Å². The molecular weight excluding hydrogens is 229 g/mol. The predicted octanol–water partition coefficient (Wildman–Crippen LogP) is 2.11. The third-order valence-electron chi connectivity index (χ3n) is 1.50. The van der Waals surface area contributed by atoms with Gasteiger partial charge in [0, 0.05) is 17.7 Å². The summed E-state index contributed by atoms with van der Waals surface area (Å²) in [5.74, 6) is 0. The fourth-order valence-corrected chi connectivity index (χ4v) is 1.60. The van der Waals surface area contributed by atoms with Gasteiger partial charge < -0.3 is 4.57 Å². The molecule has 60 valence electrons. The van der Waals surface area contributed by atoms with Crippen LogP contribution in [0.25, 0.3) is 0 Å². The standard InChI is InChI=1S/C7H7BrClNO/c1-4-5(8)3-10(2)7(11)6(4)9/h3H,1-2H3. The van der Waals surface area contributed by atoms with Gasteiger partial charge in [-0.15, -0.1) is 0 Å². The molecular formula is C7H7BrClNO. The molecule has 0 amide bonds. The summed E-state index contributed by atoms with van der Waals surface area (Å²) in [4.78, 5) is 11.2. The summed E-state index contributed by atoms with van der Waals surface area (Å²) in [5, 5.41) is 0.280. The number of pyridine rings is 1. The van der Waals surface area contributed by atoms with Gasteiger partial charge in [-0.1, -0.05) is 11.6 Å². The number of halogens is 2. The van der Waals surface area contributed by atoms with Gasteiger partial charge >= 0.3 is 0 Å². The van der Waals surface area contributed by atoms with E-state index in [9.17, 15) is 4.79 Å². The van der Waals surface area contributed by atoms with E-state index in [0.717, 1.165) is 10.0 Å². The lowest BCUT2D eigenvalue weighted by atomic mass is 10.3. The number of aryl methyl sites for hydroxylation is 1. The van der Waals surface area contributed by atoms with Gasteiger partial charge in [0.25, 0.3) is 5.56 Å². The molecule has 2 nitrogen and oxygen atoms in total. The molecule has 0 atom stereocenters. The maximum Gasteiger partial charge on any atom is 0.269 e. The van der Waals surface area contributed by atoms with Crippen LogP contribution in [-0.4, -0.2) is 4.57 Å². The molecule has 0 radical (unpaired) electrons. The van der Waals surface area contributed by atoms with E-state index in [0.29, 0.717) is 0 Å². The van der Waals surface area contributed by atoms with E-state index in [1.807, 2.05) is 0 Å². The number of nitrogens with zero attached hydrogens (tertiary/aromatic N) is 1. The average Bonchev–Trinajstić information content (AvgIpc) is 1.97. The van der Waals surface area contributed by atoms with Crippen LogP contribution in [0.15, 0.2) is 15.5 Å². The highest BCUT2D eigenvalue weighted by molar-refractivity contribution is 9.10. The summed E-state index contributed by atoms with van der Waals surface area (Å²) < 4.78 is 2.30. The Morgan fingerprint density at radius 2 is 2.18 bits per heavy atom. The SMILES string of the molecule is Cc1c(Br)cn(C)c(=O)c1Cl. The van der Waals surface area contributed by atoms with Crippen LogP contribution in [0.2, 0.25) is 5.02 Å². The monoisotopic (exact) mass is 235 g/mol. The number of hydrogen-bond acceptors (Lipinski definition) is 1. The molecule has 0 saturated heterocycles. The van der Waals surface area contributed by atoms with Gasteiger partial charge in [-0.2, -0.15) is 0 Å². The number of rotatable bonds is 0. The molecule has 0 spiro atoms. The van der Waals surface area contributed by atoms with Crippen molar-refractivity contribution < 1.29 is 0 Å². The van der Waals surface area contributed by atoms with E-state index in [-0.39, 0.29) is 10.6 Å². The van der Waals surface area contributed by atoms with E-state index in [1.54, 1.807) is 20.2 Å². The highest BCUT2D eigenvalue weighted by Crippen LogP contribution is 2.19. The van der Waals surface area contributed by atoms with E-state index in [4.69, 9.17) is 11.6 Å². The first-order valence-corrected chi connectivity index (χ1v) is 4.22. The quantitative estimate of drug-likeness (QED) is 0.676. The molecule has 0 aromatic carbocycles. The summed E-state index contributed by atoms with van der Waals surface area (Å²) in [6, 6.07) is 0. The van der Waals surface area contributed by atoms with Crippen LogP contribution in [0, 0.1) is 6.92 Å². The van der Waals surface area contributed by atoms with Crippen molar-refractivity contribution in [1.82, 2.24) is 4.57 Å². The second kappa shape index (κ2) is 2.99. The van der Waals surface area contributed by atoms with Crippen LogP contribution in [0.5, 0.6) is 0 Å². The van der Waals surface area contributed by atoms with Crippen LogP contribution in [0.4, 0.5) is 0 Å². The van der Waals surface area contributed by atoms with Crippen molar-refractivity contribution in [1.29, 1.82) is 0 Å². The normalized spacial score (nSPS) is 10.2. The smallest absolute Gasteiger partial charge is 0.269 e. The van der Waals surface area contributed by atoms with E-state index in [2.05, 4.69) is 15.9 Å². The molecule has 1 aromatic heterocycles. The van der Waals surface area contributed by atoms with Crippen LogP contribution >= 0.6 is 27.5 Å². The molecule has 1 aromatic rings. The van der Waals surface area contributed by atoms with Crippen molar-refractivity contribution in [2.24, 2.45) is 7.05 Å². The summed E-state index contributed by atoms with van der Waals surface area (Å²) >= 11 is 9.01. The van der Waals surface area contributed by atoms with Crippen LogP contribution in [0.1, 0.15) is 5.56 Å². The van der Waals surface area contributed by atoms with Gasteiger partial charge in [-0.3, -0.25) is 4.79 Å². The van der Waals surface area contributed by atoms with Crippen molar-refractivity contribution in [2.45, 2.75) is 6.92 Å². The minimum absolute atomic E-state index is 0.160. The molecule has 4 heteroatoms.